The van der Waals surface area contributed by atoms with Gasteiger partial charge in [0, 0.05) is 10.8 Å². The van der Waals surface area contributed by atoms with Crippen LogP contribution >= 0.6 is 0 Å². The summed E-state index contributed by atoms with van der Waals surface area (Å²) < 4.78 is 41.6. The Balaban J connectivity index is 2.34. The van der Waals surface area contributed by atoms with Gasteiger partial charge >= 0.3 is 6.18 Å². The summed E-state index contributed by atoms with van der Waals surface area (Å²) in [5.74, 6) is 0. The quantitative estimate of drug-likeness (QED) is 0.415. The van der Waals surface area contributed by atoms with Gasteiger partial charge in [0.1, 0.15) is 5.69 Å². The highest BCUT2D eigenvalue weighted by atomic mass is 19.4. The van der Waals surface area contributed by atoms with Gasteiger partial charge in [-0.3, -0.25) is 0 Å². The lowest BCUT2D eigenvalue weighted by atomic mass is 10.1. The number of nitrogens with zero attached hydrogens (tertiary/aromatic N) is 1. The SMILES string of the molecule is FC(F)(F)c1cc2ccccc2c2cc3ccccc3n12. The average molecular weight is 285 g/mol. The molecule has 0 aliphatic carbocycles. The summed E-state index contributed by atoms with van der Waals surface area (Å²) in [6.07, 6.45) is -4.40. The van der Waals surface area contributed by atoms with E-state index in [0.29, 0.717) is 16.4 Å². The maximum atomic E-state index is 13.4. The van der Waals surface area contributed by atoms with E-state index in [1.165, 1.54) is 10.5 Å². The van der Waals surface area contributed by atoms with Crippen molar-refractivity contribution < 1.29 is 13.2 Å². The van der Waals surface area contributed by atoms with Crippen LogP contribution in [0.5, 0.6) is 0 Å². The third-order valence-corrected chi connectivity index (χ3v) is 3.77. The molecule has 0 bridgehead atoms. The van der Waals surface area contributed by atoms with Gasteiger partial charge in [-0.15, -0.1) is 0 Å². The normalized spacial score (nSPS) is 12.5. The van der Waals surface area contributed by atoms with Gasteiger partial charge in [-0.05, 0) is 23.6 Å². The first-order valence-electron chi connectivity index (χ1n) is 6.55. The molecule has 2 heterocycles. The zero-order chi connectivity index (χ0) is 14.6. The molecule has 0 unspecified atom stereocenters. The maximum Gasteiger partial charge on any atom is 0.431 e. The van der Waals surface area contributed by atoms with Gasteiger partial charge in [-0.2, -0.15) is 13.2 Å². The van der Waals surface area contributed by atoms with Gasteiger partial charge in [0.15, 0.2) is 0 Å². The second-order valence-corrected chi connectivity index (χ2v) is 5.04. The van der Waals surface area contributed by atoms with Crippen LogP contribution < -0.4 is 0 Å². The number of alkyl halides is 3. The first-order valence-corrected chi connectivity index (χ1v) is 6.55. The summed E-state index contributed by atoms with van der Waals surface area (Å²) in [5, 5.41) is 2.22. The number of aromatic nitrogens is 1. The van der Waals surface area contributed by atoms with E-state index in [4.69, 9.17) is 0 Å². The van der Waals surface area contributed by atoms with Crippen LogP contribution in [0.25, 0.3) is 27.2 Å². The molecule has 104 valence electrons. The zero-order valence-corrected chi connectivity index (χ0v) is 10.9. The molecular weight excluding hydrogens is 275 g/mol. The van der Waals surface area contributed by atoms with E-state index in [1.54, 1.807) is 24.3 Å². The van der Waals surface area contributed by atoms with Gasteiger partial charge in [0.25, 0.3) is 0 Å². The van der Waals surface area contributed by atoms with Crippen molar-refractivity contribution >= 4 is 27.2 Å². The average Bonchev–Trinajstić information content (AvgIpc) is 2.85. The van der Waals surface area contributed by atoms with Gasteiger partial charge < -0.3 is 4.40 Å². The fourth-order valence-corrected chi connectivity index (χ4v) is 2.89. The van der Waals surface area contributed by atoms with E-state index in [-0.39, 0.29) is 0 Å². The largest absolute Gasteiger partial charge is 0.431 e. The van der Waals surface area contributed by atoms with E-state index >= 15 is 0 Å². The number of para-hydroxylation sites is 1. The number of halogens is 3. The molecule has 0 radical (unpaired) electrons. The summed E-state index contributed by atoms with van der Waals surface area (Å²) >= 11 is 0. The molecule has 0 N–H and O–H groups in total. The lowest BCUT2D eigenvalue weighted by Crippen LogP contribution is -2.11. The predicted octanol–water partition coefficient (Wildman–Crippen LogP) is 5.26. The summed E-state index contributed by atoms with van der Waals surface area (Å²) in [7, 11) is 0. The van der Waals surface area contributed by atoms with E-state index in [2.05, 4.69) is 0 Å². The Hall–Kier alpha value is -2.49. The van der Waals surface area contributed by atoms with Crippen LogP contribution in [-0.4, -0.2) is 4.40 Å². The van der Waals surface area contributed by atoms with Crippen LogP contribution in [0.4, 0.5) is 13.2 Å². The number of fused-ring (bicyclic) bond motifs is 5. The molecule has 0 saturated heterocycles. The highest BCUT2D eigenvalue weighted by molar-refractivity contribution is 6.02. The minimum Gasteiger partial charge on any atom is -0.305 e. The van der Waals surface area contributed by atoms with E-state index < -0.39 is 11.9 Å². The molecule has 0 atom stereocenters. The third kappa shape index (κ3) is 1.72. The summed E-state index contributed by atoms with van der Waals surface area (Å²) in [6, 6.07) is 17.3. The van der Waals surface area contributed by atoms with Crippen LogP contribution in [-0.2, 0) is 6.18 Å². The van der Waals surface area contributed by atoms with Crippen molar-refractivity contribution in [3.8, 4) is 0 Å². The lowest BCUT2D eigenvalue weighted by Gasteiger charge is -2.13. The Kier molecular flexibility index (Phi) is 2.34. The Morgan fingerprint density at radius 1 is 0.714 bits per heavy atom. The molecular formula is C17H10F3N. The van der Waals surface area contributed by atoms with Crippen LogP contribution in [0.2, 0.25) is 0 Å². The van der Waals surface area contributed by atoms with Crippen molar-refractivity contribution in [3.63, 3.8) is 0 Å². The highest BCUT2D eigenvalue weighted by Gasteiger charge is 2.34. The smallest absolute Gasteiger partial charge is 0.305 e. The predicted molar refractivity (Wildman–Crippen MR) is 77.4 cm³/mol. The van der Waals surface area contributed by atoms with Crippen molar-refractivity contribution in [2.24, 2.45) is 0 Å². The number of benzene rings is 2. The molecule has 0 saturated carbocycles. The maximum absolute atomic E-state index is 13.4. The standard InChI is InChI=1S/C17H10F3N/c18-17(19,20)16-10-11-5-1-3-7-13(11)15-9-12-6-2-4-8-14(12)21(15)16/h1-10H. The molecule has 0 aliphatic rings. The zero-order valence-electron chi connectivity index (χ0n) is 10.9. The fourth-order valence-electron chi connectivity index (χ4n) is 2.89. The molecule has 4 heteroatoms. The molecule has 4 rings (SSSR count). The second-order valence-electron chi connectivity index (χ2n) is 5.04. The van der Waals surface area contributed by atoms with Gasteiger partial charge in [0.05, 0.1) is 11.0 Å². The number of pyridine rings is 1. The number of hydrogen-bond donors (Lipinski definition) is 0. The Bertz CT molecular complexity index is 980. The summed E-state index contributed by atoms with van der Waals surface area (Å²) in [4.78, 5) is 0. The first kappa shape index (κ1) is 12.3. The Labute approximate surface area is 118 Å². The van der Waals surface area contributed by atoms with Crippen LogP contribution in [0, 0.1) is 0 Å². The van der Waals surface area contributed by atoms with Crippen molar-refractivity contribution in [1.29, 1.82) is 0 Å². The number of hydrogen-bond acceptors (Lipinski definition) is 0. The second kappa shape index (κ2) is 4.01. The van der Waals surface area contributed by atoms with Gasteiger partial charge in [0.2, 0.25) is 0 Å². The van der Waals surface area contributed by atoms with E-state index in [9.17, 15) is 13.2 Å². The molecule has 0 aliphatic heterocycles. The molecule has 0 fully saturated rings. The Morgan fingerprint density at radius 3 is 2.14 bits per heavy atom. The van der Waals surface area contributed by atoms with Gasteiger partial charge in [-0.25, -0.2) is 0 Å². The lowest BCUT2D eigenvalue weighted by molar-refractivity contribution is -0.141. The topological polar surface area (TPSA) is 4.41 Å². The highest BCUT2D eigenvalue weighted by Crippen LogP contribution is 2.36. The molecule has 1 nitrogen and oxygen atoms in total. The van der Waals surface area contributed by atoms with E-state index in [1.807, 2.05) is 30.3 Å². The molecule has 0 spiro atoms. The van der Waals surface area contributed by atoms with Crippen LogP contribution in [0.3, 0.4) is 0 Å². The third-order valence-electron chi connectivity index (χ3n) is 3.77. The molecule has 4 aromatic rings. The van der Waals surface area contributed by atoms with Crippen LogP contribution in [0.15, 0.2) is 60.7 Å². The minimum atomic E-state index is -4.40. The van der Waals surface area contributed by atoms with E-state index in [0.717, 1.165) is 10.8 Å². The summed E-state index contributed by atoms with van der Waals surface area (Å²) in [6.45, 7) is 0. The Morgan fingerprint density at radius 2 is 1.38 bits per heavy atom. The monoisotopic (exact) mass is 285 g/mol. The molecule has 2 aromatic carbocycles. The summed E-state index contributed by atoms with van der Waals surface area (Å²) in [5.41, 5.74) is 0.518. The number of rotatable bonds is 0. The fraction of sp³-hybridized carbons (Fsp3) is 0.0588. The van der Waals surface area contributed by atoms with Crippen molar-refractivity contribution in [1.82, 2.24) is 4.40 Å². The van der Waals surface area contributed by atoms with Crippen molar-refractivity contribution in [3.05, 3.63) is 66.4 Å². The minimum absolute atomic E-state index is 0.575. The molecule has 0 amide bonds. The van der Waals surface area contributed by atoms with Crippen molar-refractivity contribution in [2.75, 3.05) is 0 Å². The van der Waals surface area contributed by atoms with Crippen LogP contribution in [0.1, 0.15) is 5.69 Å². The molecule has 21 heavy (non-hydrogen) atoms. The van der Waals surface area contributed by atoms with Gasteiger partial charge in [-0.1, -0.05) is 42.5 Å². The first-order chi connectivity index (χ1) is 10.1. The van der Waals surface area contributed by atoms with Crippen molar-refractivity contribution in [2.45, 2.75) is 6.18 Å². The molecule has 2 aromatic heterocycles.